The number of hydrogen-bond acceptors (Lipinski definition) is 4. The number of nitrogens with one attached hydrogen (secondary N) is 1. The van der Waals surface area contributed by atoms with Gasteiger partial charge in [-0.05, 0) is 12.8 Å². The fourth-order valence-corrected chi connectivity index (χ4v) is 1.98. The van der Waals surface area contributed by atoms with Gasteiger partial charge >= 0.3 is 5.97 Å². The predicted octanol–water partition coefficient (Wildman–Crippen LogP) is -0.00760. The molecule has 1 aromatic rings. The van der Waals surface area contributed by atoms with Crippen molar-refractivity contribution in [3.05, 3.63) is 11.9 Å². The van der Waals surface area contributed by atoms with Crippen LogP contribution in [-0.4, -0.2) is 38.5 Å². The highest BCUT2D eigenvalue weighted by Crippen LogP contribution is 2.37. The van der Waals surface area contributed by atoms with Crippen LogP contribution in [0.2, 0.25) is 0 Å². The zero-order chi connectivity index (χ0) is 13.1. The SMILES string of the molecule is CC(=O)NCCc1cn(C2CC(C(=O)O)C2)nn1. The van der Waals surface area contributed by atoms with E-state index < -0.39 is 5.97 Å². The highest BCUT2D eigenvalue weighted by atomic mass is 16.4. The highest BCUT2D eigenvalue weighted by molar-refractivity contribution is 5.72. The Kier molecular flexibility index (Phi) is 3.59. The normalized spacial score (nSPS) is 22.3. The third kappa shape index (κ3) is 2.85. The number of aliphatic carboxylic acids is 1. The number of carbonyl (C=O) groups excluding carboxylic acids is 1. The lowest BCUT2D eigenvalue weighted by molar-refractivity contribution is -0.146. The summed E-state index contributed by atoms with van der Waals surface area (Å²) in [4.78, 5) is 21.4. The number of carbonyl (C=O) groups is 2. The summed E-state index contributed by atoms with van der Waals surface area (Å²) in [5.41, 5.74) is 0.808. The average molecular weight is 252 g/mol. The van der Waals surface area contributed by atoms with Gasteiger partial charge in [-0.1, -0.05) is 5.21 Å². The molecule has 18 heavy (non-hydrogen) atoms. The maximum atomic E-state index is 10.7. The summed E-state index contributed by atoms with van der Waals surface area (Å²) in [6, 6.07) is 0.146. The van der Waals surface area contributed by atoms with Gasteiger partial charge in [0, 0.05) is 26.1 Å². The molecule has 1 aromatic heterocycles. The van der Waals surface area contributed by atoms with Gasteiger partial charge in [0.25, 0.3) is 0 Å². The maximum absolute atomic E-state index is 10.7. The van der Waals surface area contributed by atoms with Crippen LogP contribution >= 0.6 is 0 Å². The fraction of sp³-hybridized carbons (Fsp3) is 0.636. The van der Waals surface area contributed by atoms with Crippen molar-refractivity contribution in [1.29, 1.82) is 0 Å². The van der Waals surface area contributed by atoms with Crippen molar-refractivity contribution in [2.75, 3.05) is 6.54 Å². The predicted molar refractivity (Wildman–Crippen MR) is 61.8 cm³/mol. The van der Waals surface area contributed by atoms with Crippen molar-refractivity contribution in [2.24, 2.45) is 5.92 Å². The molecule has 0 radical (unpaired) electrons. The van der Waals surface area contributed by atoms with E-state index in [-0.39, 0.29) is 17.9 Å². The van der Waals surface area contributed by atoms with E-state index in [1.165, 1.54) is 6.92 Å². The zero-order valence-electron chi connectivity index (χ0n) is 10.2. The molecule has 1 saturated carbocycles. The molecule has 0 atom stereocenters. The monoisotopic (exact) mass is 252 g/mol. The third-order valence-electron chi connectivity index (χ3n) is 3.15. The Bertz CT molecular complexity index is 451. The first-order chi connectivity index (χ1) is 8.56. The van der Waals surface area contributed by atoms with Crippen LogP contribution in [-0.2, 0) is 16.0 Å². The minimum atomic E-state index is -0.739. The van der Waals surface area contributed by atoms with Gasteiger partial charge in [0.1, 0.15) is 0 Å². The molecule has 98 valence electrons. The summed E-state index contributed by atoms with van der Waals surface area (Å²) in [5.74, 6) is -1.05. The van der Waals surface area contributed by atoms with Crippen LogP contribution in [0.5, 0.6) is 0 Å². The molecule has 1 aliphatic rings. The van der Waals surface area contributed by atoms with Gasteiger partial charge in [-0.15, -0.1) is 5.10 Å². The van der Waals surface area contributed by atoms with Crippen molar-refractivity contribution >= 4 is 11.9 Å². The molecule has 0 aliphatic heterocycles. The minimum absolute atomic E-state index is 0.0642. The number of carboxylic acid groups (broad SMARTS) is 1. The zero-order valence-corrected chi connectivity index (χ0v) is 10.2. The van der Waals surface area contributed by atoms with Crippen molar-refractivity contribution in [2.45, 2.75) is 32.2 Å². The molecular formula is C11H16N4O3. The minimum Gasteiger partial charge on any atom is -0.481 e. The van der Waals surface area contributed by atoms with Gasteiger partial charge in [0.05, 0.1) is 17.7 Å². The number of aromatic nitrogens is 3. The van der Waals surface area contributed by atoms with Crippen molar-refractivity contribution in [3.8, 4) is 0 Å². The van der Waals surface area contributed by atoms with E-state index in [2.05, 4.69) is 15.6 Å². The lowest BCUT2D eigenvalue weighted by Gasteiger charge is -2.31. The molecule has 1 heterocycles. The molecule has 0 spiro atoms. The quantitative estimate of drug-likeness (QED) is 0.768. The lowest BCUT2D eigenvalue weighted by Crippen LogP contribution is -2.32. The average Bonchev–Trinajstić information content (AvgIpc) is 2.63. The van der Waals surface area contributed by atoms with Crippen LogP contribution < -0.4 is 5.32 Å². The van der Waals surface area contributed by atoms with Gasteiger partial charge in [-0.3, -0.25) is 9.59 Å². The summed E-state index contributed by atoms with van der Waals surface area (Å²) >= 11 is 0. The Balaban J connectivity index is 1.80. The van der Waals surface area contributed by atoms with Gasteiger partial charge < -0.3 is 10.4 Å². The molecule has 2 N–H and O–H groups in total. The number of amides is 1. The van der Waals surface area contributed by atoms with Crippen molar-refractivity contribution in [1.82, 2.24) is 20.3 Å². The van der Waals surface area contributed by atoms with E-state index in [0.29, 0.717) is 25.8 Å². The van der Waals surface area contributed by atoms with Crippen LogP contribution in [0.3, 0.4) is 0 Å². The molecule has 0 unspecified atom stereocenters. The Morgan fingerprint density at radius 3 is 2.89 bits per heavy atom. The van der Waals surface area contributed by atoms with Crippen LogP contribution in [0.1, 0.15) is 31.5 Å². The van der Waals surface area contributed by atoms with E-state index >= 15 is 0 Å². The van der Waals surface area contributed by atoms with E-state index in [0.717, 1.165) is 5.69 Å². The maximum Gasteiger partial charge on any atom is 0.306 e. The van der Waals surface area contributed by atoms with E-state index in [1.807, 2.05) is 6.20 Å². The molecule has 0 saturated heterocycles. The summed E-state index contributed by atoms with van der Waals surface area (Å²) in [5, 5.41) is 19.5. The van der Waals surface area contributed by atoms with E-state index in [9.17, 15) is 9.59 Å². The summed E-state index contributed by atoms with van der Waals surface area (Å²) < 4.78 is 1.72. The topological polar surface area (TPSA) is 97.1 Å². The molecule has 7 heteroatoms. The van der Waals surface area contributed by atoms with E-state index in [4.69, 9.17) is 5.11 Å². The number of carboxylic acids is 1. The van der Waals surface area contributed by atoms with Gasteiger partial charge in [-0.25, -0.2) is 4.68 Å². The first-order valence-corrected chi connectivity index (χ1v) is 5.94. The van der Waals surface area contributed by atoms with Crippen molar-refractivity contribution in [3.63, 3.8) is 0 Å². The van der Waals surface area contributed by atoms with Crippen LogP contribution in [0, 0.1) is 5.92 Å². The molecule has 1 amide bonds. The Morgan fingerprint density at radius 1 is 1.56 bits per heavy atom. The summed E-state index contributed by atoms with van der Waals surface area (Å²) in [6.45, 7) is 2.01. The van der Waals surface area contributed by atoms with Gasteiger partial charge in [-0.2, -0.15) is 0 Å². The van der Waals surface area contributed by atoms with Crippen LogP contribution in [0.15, 0.2) is 6.20 Å². The molecular weight excluding hydrogens is 236 g/mol. The second-order valence-electron chi connectivity index (χ2n) is 4.58. The Labute approximate surface area is 104 Å². The first kappa shape index (κ1) is 12.5. The van der Waals surface area contributed by atoms with Crippen LogP contribution in [0.25, 0.3) is 0 Å². The molecule has 0 bridgehead atoms. The van der Waals surface area contributed by atoms with Crippen molar-refractivity contribution < 1.29 is 14.7 Å². The number of hydrogen-bond donors (Lipinski definition) is 2. The molecule has 1 fully saturated rings. The number of rotatable bonds is 5. The first-order valence-electron chi connectivity index (χ1n) is 5.94. The van der Waals surface area contributed by atoms with Gasteiger partial charge in [0.2, 0.25) is 5.91 Å². The standard InChI is InChI=1S/C11H16N4O3/c1-7(16)12-3-2-9-6-15(14-13-9)10-4-8(5-10)11(17)18/h6,8,10H,2-5H2,1H3,(H,12,16)(H,17,18). The highest BCUT2D eigenvalue weighted by Gasteiger charge is 2.36. The molecule has 1 aliphatic carbocycles. The lowest BCUT2D eigenvalue weighted by atomic mass is 9.80. The summed E-state index contributed by atoms with van der Waals surface area (Å²) in [6.07, 6.45) is 3.69. The van der Waals surface area contributed by atoms with Gasteiger partial charge in [0.15, 0.2) is 0 Å². The second kappa shape index (κ2) is 5.16. The van der Waals surface area contributed by atoms with Crippen LogP contribution in [0.4, 0.5) is 0 Å². The third-order valence-corrected chi connectivity index (χ3v) is 3.15. The fourth-order valence-electron chi connectivity index (χ4n) is 1.98. The molecule has 7 nitrogen and oxygen atoms in total. The second-order valence-corrected chi connectivity index (χ2v) is 4.58. The molecule has 0 aromatic carbocycles. The van der Waals surface area contributed by atoms with E-state index in [1.54, 1.807) is 4.68 Å². The Morgan fingerprint density at radius 2 is 2.28 bits per heavy atom. The summed E-state index contributed by atoms with van der Waals surface area (Å²) in [7, 11) is 0. The largest absolute Gasteiger partial charge is 0.481 e. The smallest absolute Gasteiger partial charge is 0.306 e. The number of nitrogens with zero attached hydrogens (tertiary/aromatic N) is 3. The Hall–Kier alpha value is -1.92. The molecule has 2 rings (SSSR count).